The molecule has 1 amide bonds. The second kappa shape index (κ2) is 19.0. The van der Waals surface area contributed by atoms with Crippen molar-refractivity contribution in [2.75, 3.05) is 20.3 Å². The van der Waals surface area contributed by atoms with Gasteiger partial charge in [0, 0.05) is 54.9 Å². The third kappa shape index (κ3) is 12.3. The van der Waals surface area contributed by atoms with Crippen molar-refractivity contribution in [3.05, 3.63) is 0 Å². The standard InChI is InChI=1S/C30H43NO19S/c1-12(32)31-22-19(45-15(4)35)9-30(29(41)42-8,50-26(22)24(48-18(7)38)20(46-16(5)36)10-43-13(2)33)51-27-23(39)28(40)49-25(27)21(47-17(6)37)11-44-14(3)34/h19-28,39-40H,9-11H2,1-8H3,(H,31,32)/t19-,20+,21+,22+,23+,24+,25-,26+,27+,28-,30-/m0/s1. The van der Waals surface area contributed by atoms with Gasteiger partial charge in [-0.25, -0.2) is 4.79 Å². The molecule has 0 aliphatic carbocycles. The van der Waals surface area contributed by atoms with E-state index >= 15 is 0 Å². The molecule has 21 heteroatoms. The van der Waals surface area contributed by atoms with Gasteiger partial charge < -0.3 is 58.2 Å². The Morgan fingerprint density at radius 2 is 1.35 bits per heavy atom. The third-order valence-electron chi connectivity index (χ3n) is 7.21. The van der Waals surface area contributed by atoms with Crippen molar-refractivity contribution in [1.29, 1.82) is 0 Å². The van der Waals surface area contributed by atoms with E-state index in [1.54, 1.807) is 0 Å². The first-order valence-electron chi connectivity index (χ1n) is 15.4. The fraction of sp³-hybridized carbons (Fsp3) is 0.733. The second-order valence-electron chi connectivity index (χ2n) is 11.4. The SMILES string of the molecule is COC(=O)[C@@]1(S[C@@H]2[C@@H](O)[C@@H](O)O[C@H]2[C@@H](COC(C)=O)OC(C)=O)C[C@H](OC(C)=O)[C@@H](NC(C)=O)[C@H]([C@H](OC(C)=O)[C@@H](COC(C)=O)OC(C)=O)O1. The Bertz CT molecular complexity index is 1330. The van der Waals surface area contributed by atoms with Gasteiger partial charge in [-0.3, -0.25) is 33.6 Å². The normalized spacial score (nSPS) is 28.9. The lowest BCUT2D eigenvalue weighted by Crippen LogP contribution is -2.68. The molecule has 288 valence electrons. The van der Waals surface area contributed by atoms with Gasteiger partial charge in [-0.1, -0.05) is 0 Å². The Morgan fingerprint density at radius 1 is 0.784 bits per heavy atom. The average molecular weight is 754 g/mol. The van der Waals surface area contributed by atoms with E-state index in [0.717, 1.165) is 55.6 Å². The number of rotatable bonds is 15. The van der Waals surface area contributed by atoms with Crippen molar-refractivity contribution in [1.82, 2.24) is 5.32 Å². The minimum absolute atomic E-state index is 0.452. The number of thioether (sulfide) groups is 1. The molecule has 2 rings (SSSR count). The van der Waals surface area contributed by atoms with E-state index in [0.29, 0.717) is 11.8 Å². The molecule has 0 aromatic rings. The zero-order chi connectivity index (χ0) is 38.8. The number of aliphatic hydroxyl groups excluding tert-OH is 2. The molecule has 2 aliphatic heterocycles. The number of carbonyl (C=O) groups is 8. The molecule has 0 radical (unpaired) electrons. The molecule has 0 saturated carbocycles. The van der Waals surface area contributed by atoms with Crippen LogP contribution in [0.1, 0.15) is 54.9 Å². The fourth-order valence-corrected chi connectivity index (χ4v) is 7.15. The topological polar surface area (TPSA) is 272 Å². The van der Waals surface area contributed by atoms with Crippen LogP contribution >= 0.6 is 11.8 Å². The Morgan fingerprint density at radius 3 is 1.84 bits per heavy atom. The lowest BCUT2D eigenvalue weighted by molar-refractivity contribution is -0.224. The van der Waals surface area contributed by atoms with Crippen molar-refractivity contribution < 1.29 is 91.2 Å². The van der Waals surface area contributed by atoms with Gasteiger partial charge in [0.25, 0.3) is 0 Å². The molecule has 0 aromatic heterocycles. The zero-order valence-electron chi connectivity index (χ0n) is 29.1. The van der Waals surface area contributed by atoms with E-state index in [2.05, 4.69) is 5.32 Å². The van der Waals surface area contributed by atoms with E-state index in [1.165, 1.54) is 0 Å². The van der Waals surface area contributed by atoms with Gasteiger partial charge >= 0.3 is 41.8 Å². The van der Waals surface area contributed by atoms with Crippen molar-refractivity contribution >= 4 is 59.5 Å². The number of esters is 7. The largest absolute Gasteiger partial charge is 0.466 e. The van der Waals surface area contributed by atoms with Crippen LogP contribution in [0.2, 0.25) is 0 Å². The van der Waals surface area contributed by atoms with Gasteiger partial charge in [-0.2, -0.15) is 0 Å². The Kier molecular flexibility index (Phi) is 16.0. The predicted octanol–water partition coefficient (Wildman–Crippen LogP) is -1.82. The van der Waals surface area contributed by atoms with Crippen LogP contribution < -0.4 is 5.32 Å². The summed E-state index contributed by atoms with van der Waals surface area (Å²) in [6, 6.07) is -1.46. The molecular formula is C30H43NO19S. The monoisotopic (exact) mass is 753 g/mol. The molecule has 2 saturated heterocycles. The van der Waals surface area contributed by atoms with Gasteiger partial charge in [-0.15, -0.1) is 11.8 Å². The van der Waals surface area contributed by atoms with Crippen molar-refractivity contribution in [3.8, 4) is 0 Å². The molecule has 11 atom stereocenters. The maximum absolute atomic E-state index is 13.8. The molecule has 51 heavy (non-hydrogen) atoms. The number of amides is 1. The van der Waals surface area contributed by atoms with E-state index in [9.17, 15) is 48.6 Å². The van der Waals surface area contributed by atoms with Gasteiger partial charge in [-0.05, 0) is 0 Å². The Labute approximate surface area is 296 Å². The van der Waals surface area contributed by atoms with Crippen LogP contribution in [0.5, 0.6) is 0 Å². The lowest BCUT2D eigenvalue weighted by atomic mass is 9.89. The molecule has 0 aromatic carbocycles. The summed E-state index contributed by atoms with van der Waals surface area (Å²) in [5, 5.41) is 22.7. The Balaban J connectivity index is 2.85. The summed E-state index contributed by atoms with van der Waals surface area (Å²) in [5.74, 6) is -7.22. The van der Waals surface area contributed by atoms with E-state index in [1.807, 2.05) is 0 Å². The highest BCUT2D eigenvalue weighted by atomic mass is 32.2. The van der Waals surface area contributed by atoms with Crippen molar-refractivity contribution in [2.24, 2.45) is 0 Å². The van der Waals surface area contributed by atoms with Crippen molar-refractivity contribution in [2.45, 2.75) is 120 Å². The minimum atomic E-state index is -2.42. The van der Waals surface area contributed by atoms with Gasteiger partial charge in [0.2, 0.25) is 10.8 Å². The number of hydrogen-bond donors (Lipinski definition) is 3. The van der Waals surface area contributed by atoms with E-state index < -0.39 is 133 Å². The zero-order valence-corrected chi connectivity index (χ0v) is 30.0. The summed E-state index contributed by atoms with van der Waals surface area (Å²) in [4.78, 5) is 96.4. The summed E-state index contributed by atoms with van der Waals surface area (Å²) in [7, 11) is 0.964. The van der Waals surface area contributed by atoms with Gasteiger partial charge in [0.05, 0.1) is 18.4 Å². The quantitative estimate of drug-likeness (QED) is 0.123. The first kappa shape index (κ1) is 43.1. The summed E-state index contributed by atoms with van der Waals surface area (Å²) in [6.45, 7) is 5.91. The number of ether oxygens (including phenoxy) is 9. The third-order valence-corrected chi connectivity index (χ3v) is 8.83. The number of aliphatic hydroxyl groups is 2. The summed E-state index contributed by atoms with van der Waals surface area (Å²) in [5.41, 5.74) is 0. The molecule has 2 aliphatic rings. The van der Waals surface area contributed by atoms with Gasteiger partial charge in [0.1, 0.15) is 37.6 Å². The van der Waals surface area contributed by atoms with Crippen LogP contribution in [0.3, 0.4) is 0 Å². The van der Waals surface area contributed by atoms with Crippen LogP contribution in [-0.2, 0) is 81.0 Å². The molecule has 20 nitrogen and oxygen atoms in total. The molecule has 0 unspecified atom stereocenters. The van der Waals surface area contributed by atoms with Gasteiger partial charge in [0.15, 0.2) is 24.6 Å². The molecule has 0 bridgehead atoms. The maximum atomic E-state index is 13.8. The molecule has 3 N–H and O–H groups in total. The number of carbonyl (C=O) groups excluding carboxylic acids is 8. The highest BCUT2D eigenvalue weighted by Gasteiger charge is 2.62. The van der Waals surface area contributed by atoms with E-state index in [4.69, 9.17) is 42.6 Å². The van der Waals surface area contributed by atoms with Crippen LogP contribution in [0, 0.1) is 0 Å². The smallest absolute Gasteiger partial charge is 0.349 e. The molecule has 2 heterocycles. The molecule has 0 spiro atoms. The average Bonchev–Trinajstić information content (AvgIpc) is 3.28. The number of nitrogens with one attached hydrogen (secondary N) is 1. The minimum Gasteiger partial charge on any atom is -0.466 e. The lowest BCUT2D eigenvalue weighted by Gasteiger charge is -2.49. The summed E-state index contributed by atoms with van der Waals surface area (Å²) >= 11 is 0.452. The number of hydrogen-bond acceptors (Lipinski definition) is 20. The van der Waals surface area contributed by atoms with Crippen molar-refractivity contribution in [3.63, 3.8) is 0 Å². The Hall–Kier alpha value is -4.05. The van der Waals surface area contributed by atoms with Crippen LogP contribution in [0.4, 0.5) is 0 Å². The molecule has 2 fully saturated rings. The van der Waals surface area contributed by atoms with Crippen LogP contribution in [0.25, 0.3) is 0 Å². The summed E-state index contributed by atoms with van der Waals surface area (Å²) in [6.07, 6.45) is -14.2. The highest BCUT2D eigenvalue weighted by molar-refractivity contribution is 8.01. The van der Waals surface area contributed by atoms with Crippen LogP contribution in [-0.4, -0.2) is 143 Å². The predicted molar refractivity (Wildman–Crippen MR) is 166 cm³/mol. The first-order valence-corrected chi connectivity index (χ1v) is 16.3. The summed E-state index contributed by atoms with van der Waals surface area (Å²) < 4.78 is 48.7. The highest BCUT2D eigenvalue weighted by Crippen LogP contribution is 2.48. The molecular weight excluding hydrogens is 710 g/mol. The van der Waals surface area contributed by atoms with E-state index in [-0.39, 0.29) is 0 Å². The fourth-order valence-electron chi connectivity index (χ4n) is 5.46. The maximum Gasteiger partial charge on any atom is 0.349 e. The first-order chi connectivity index (χ1) is 23.7. The number of methoxy groups -OCH3 is 1. The van der Waals surface area contributed by atoms with Crippen LogP contribution in [0.15, 0.2) is 0 Å². The second-order valence-corrected chi connectivity index (χ2v) is 12.9.